The van der Waals surface area contributed by atoms with Crippen LogP contribution in [0, 0.1) is 0 Å². The summed E-state index contributed by atoms with van der Waals surface area (Å²) in [6.07, 6.45) is 6.20. The zero-order valence-corrected chi connectivity index (χ0v) is 19.2. The minimum atomic E-state index is -3.77. The summed E-state index contributed by atoms with van der Waals surface area (Å²) in [6, 6.07) is 7.41. The van der Waals surface area contributed by atoms with E-state index in [1.165, 1.54) is 19.3 Å². The number of aromatic nitrogens is 1. The van der Waals surface area contributed by atoms with Crippen LogP contribution >= 0.6 is 11.3 Å². The lowest BCUT2D eigenvalue weighted by Crippen LogP contribution is -2.39. The first-order valence-corrected chi connectivity index (χ1v) is 13.3. The average Bonchev–Trinajstić information content (AvgIpc) is 3.18. The van der Waals surface area contributed by atoms with E-state index in [0.717, 1.165) is 36.9 Å². The summed E-state index contributed by atoms with van der Waals surface area (Å²) in [7, 11) is -3.77. The SMILES string of the molecule is O=C(CS(=O)(=O)Nc1ccc(N2CCCCC2)cc1)N1CCCN(c2nccs2)CC1. The molecule has 2 aromatic rings. The highest BCUT2D eigenvalue weighted by Gasteiger charge is 2.25. The van der Waals surface area contributed by atoms with Crippen LogP contribution in [0.5, 0.6) is 0 Å². The fourth-order valence-electron chi connectivity index (χ4n) is 4.09. The summed E-state index contributed by atoms with van der Waals surface area (Å²) in [5.74, 6) is -0.906. The van der Waals surface area contributed by atoms with Gasteiger partial charge in [-0.3, -0.25) is 9.52 Å². The molecule has 3 heterocycles. The van der Waals surface area contributed by atoms with Crippen molar-refractivity contribution in [1.29, 1.82) is 0 Å². The van der Waals surface area contributed by atoms with Gasteiger partial charge in [0.1, 0.15) is 5.75 Å². The van der Waals surface area contributed by atoms with Crippen molar-refractivity contribution in [2.75, 3.05) is 59.5 Å². The van der Waals surface area contributed by atoms with Gasteiger partial charge >= 0.3 is 0 Å². The minimum absolute atomic E-state index is 0.363. The zero-order valence-electron chi connectivity index (χ0n) is 17.6. The molecule has 0 bridgehead atoms. The van der Waals surface area contributed by atoms with Crippen LogP contribution < -0.4 is 14.5 Å². The van der Waals surface area contributed by atoms with Crippen LogP contribution in [0.25, 0.3) is 0 Å². The summed E-state index contributed by atoms with van der Waals surface area (Å²) in [5, 5.41) is 2.87. The molecule has 2 aliphatic rings. The van der Waals surface area contributed by atoms with E-state index in [0.29, 0.717) is 25.3 Å². The predicted octanol–water partition coefficient (Wildman–Crippen LogP) is 2.61. The largest absolute Gasteiger partial charge is 0.372 e. The lowest BCUT2D eigenvalue weighted by atomic mass is 10.1. The molecule has 2 aliphatic heterocycles. The molecular weight excluding hydrogens is 434 g/mol. The van der Waals surface area contributed by atoms with Gasteiger partial charge in [-0.05, 0) is 49.9 Å². The van der Waals surface area contributed by atoms with Crippen molar-refractivity contribution in [3.05, 3.63) is 35.8 Å². The van der Waals surface area contributed by atoms with Gasteiger partial charge in [0.2, 0.25) is 15.9 Å². The van der Waals surface area contributed by atoms with Gasteiger partial charge in [0.15, 0.2) is 5.13 Å². The first-order chi connectivity index (χ1) is 15.0. The highest BCUT2D eigenvalue weighted by Crippen LogP contribution is 2.23. The van der Waals surface area contributed by atoms with Crippen molar-refractivity contribution < 1.29 is 13.2 Å². The van der Waals surface area contributed by atoms with Gasteiger partial charge in [-0.2, -0.15) is 0 Å². The van der Waals surface area contributed by atoms with Crippen molar-refractivity contribution in [2.24, 2.45) is 0 Å². The number of hydrogen-bond acceptors (Lipinski definition) is 7. The fraction of sp³-hybridized carbons (Fsp3) is 0.524. The molecule has 4 rings (SSSR count). The number of amides is 1. The van der Waals surface area contributed by atoms with Crippen molar-refractivity contribution in [3.63, 3.8) is 0 Å². The molecule has 0 aliphatic carbocycles. The van der Waals surface area contributed by atoms with Crippen LogP contribution in [0.1, 0.15) is 25.7 Å². The first-order valence-electron chi connectivity index (χ1n) is 10.8. The number of nitrogens with one attached hydrogen (secondary N) is 1. The maximum atomic E-state index is 12.7. The molecule has 168 valence electrons. The van der Waals surface area contributed by atoms with E-state index in [2.05, 4.69) is 19.5 Å². The van der Waals surface area contributed by atoms with E-state index in [4.69, 9.17) is 0 Å². The number of carbonyl (C=O) groups is 1. The Morgan fingerprint density at radius 2 is 1.68 bits per heavy atom. The topological polar surface area (TPSA) is 85.8 Å². The third-order valence-electron chi connectivity index (χ3n) is 5.71. The van der Waals surface area contributed by atoms with Crippen LogP contribution in [0.3, 0.4) is 0 Å². The van der Waals surface area contributed by atoms with E-state index in [1.54, 1.807) is 34.6 Å². The second kappa shape index (κ2) is 9.86. The number of rotatable bonds is 6. The lowest BCUT2D eigenvalue weighted by molar-refractivity contribution is -0.128. The summed E-state index contributed by atoms with van der Waals surface area (Å²) < 4.78 is 27.7. The Bertz CT molecular complexity index is 957. The summed E-state index contributed by atoms with van der Waals surface area (Å²) in [4.78, 5) is 23.1. The van der Waals surface area contributed by atoms with Gasteiger partial charge in [-0.15, -0.1) is 11.3 Å². The van der Waals surface area contributed by atoms with Gasteiger partial charge < -0.3 is 14.7 Å². The maximum Gasteiger partial charge on any atom is 0.241 e. The number of piperidine rings is 1. The molecule has 8 nitrogen and oxygen atoms in total. The van der Waals surface area contributed by atoms with E-state index in [1.807, 2.05) is 17.5 Å². The Morgan fingerprint density at radius 1 is 0.935 bits per heavy atom. The molecule has 0 radical (unpaired) electrons. The number of thiazole rings is 1. The number of nitrogens with zero attached hydrogens (tertiary/aromatic N) is 4. The van der Waals surface area contributed by atoms with Crippen molar-refractivity contribution in [1.82, 2.24) is 9.88 Å². The third-order valence-corrected chi connectivity index (χ3v) is 7.72. The molecule has 1 amide bonds. The maximum absolute atomic E-state index is 12.7. The highest BCUT2D eigenvalue weighted by atomic mass is 32.2. The molecule has 0 saturated carbocycles. The molecular formula is C21H29N5O3S2. The molecule has 1 aromatic carbocycles. The minimum Gasteiger partial charge on any atom is -0.372 e. The van der Waals surface area contributed by atoms with Gasteiger partial charge in [-0.25, -0.2) is 13.4 Å². The van der Waals surface area contributed by atoms with Gasteiger partial charge in [0.25, 0.3) is 0 Å². The molecule has 10 heteroatoms. The number of sulfonamides is 1. The van der Waals surface area contributed by atoms with E-state index < -0.39 is 15.8 Å². The third kappa shape index (κ3) is 5.88. The molecule has 0 unspecified atom stereocenters. The Balaban J connectivity index is 1.31. The fourth-order valence-corrected chi connectivity index (χ4v) is 5.86. The standard InChI is InChI=1S/C21H29N5O3S2/c27-20(25-12-4-13-26(15-14-25)21-22-9-16-30-21)17-31(28,29)23-18-5-7-19(8-6-18)24-10-2-1-3-11-24/h5-9,16,23H,1-4,10-15,17H2. The van der Waals surface area contributed by atoms with Crippen molar-refractivity contribution >= 4 is 43.8 Å². The Kier molecular flexibility index (Phi) is 6.96. The van der Waals surface area contributed by atoms with E-state index >= 15 is 0 Å². The van der Waals surface area contributed by atoms with Crippen LogP contribution in [0.2, 0.25) is 0 Å². The number of hydrogen-bond donors (Lipinski definition) is 1. The van der Waals surface area contributed by atoms with Crippen molar-refractivity contribution in [2.45, 2.75) is 25.7 Å². The Morgan fingerprint density at radius 3 is 2.39 bits per heavy atom. The van der Waals surface area contributed by atoms with Crippen molar-refractivity contribution in [3.8, 4) is 0 Å². The number of benzene rings is 1. The molecule has 2 saturated heterocycles. The van der Waals surface area contributed by atoms with E-state index in [9.17, 15) is 13.2 Å². The van der Waals surface area contributed by atoms with Crippen LogP contribution in [0.15, 0.2) is 35.8 Å². The second-order valence-electron chi connectivity index (χ2n) is 7.99. The quantitative estimate of drug-likeness (QED) is 0.709. The molecule has 0 atom stereocenters. The monoisotopic (exact) mass is 463 g/mol. The zero-order chi connectivity index (χ0) is 21.7. The Hall–Kier alpha value is -2.33. The first kappa shape index (κ1) is 21.9. The van der Waals surface area contributed by atoms with Crippen LogP contribution in [-0.2, 0) is 14.8 Å². The summed E-state index contributed by atoms with van der Waals surface area (Å²) in [5.41, 5.74) is 1.59. The van der Waals surface area contributed by atoms with Gasteiger partial charge in [-0.1, -0.05) is 0 Å². The second-order valence-corrected chi connectivity index (χ2v) is 10.6. The Labute approximate surface area is 187 Å². The van der Waals surface area contributed by atoms with Gasteiger partial charge in [0, 0.05) is 62.2 Å². The lowest BCUT2D eigenvalue weighted by Gasteiger charge is -2.28. The van der Waals surface area contributed by atoms with Gasteiger partial charge in [0.05, 0.1) is 0 Å². The average molecular weight is 464 g/mol. The predicted molar refractivity (Wildman–Crippen MR) is 125 cm³/mol. The number of anilines is 3. The van der Waals surface area contributed by atoms with Crippen LogP contribution in [-0.4, -0.2) is 69.2 Å². The molecule has 0 spiro atoms. The molecule has 1 N–H and O–H groups in total. The summed E-state index contributed by atoms with van der Waals surface area (Å²) in [6.45, 7) is 4.60. The van der Waals surface area contributed by atoms with E-state index in [-0.39, 0.29) is 5.91 Å². The smallest absolute Gasteiger partial charge is 0.241 e. The molecule has 2 fully saturated rings. The highest BCUT2D eigenvalue weighted by molar-refractivity contribution is 7.93. The normalized spacial score (nSPS) is 18.0. The van der Waals surface area contributed by atoms with Crippen LogP contribution in [0.4, 0.5) is 16.5 Å². The molecule has 31 heavy (non-hydrogen) atoms. The number of carbonyl (C=O) groups excluding carboxylic acids is 1. The molecule has 1 aromatic heterocycles. The summed E-state index contributed by atoms with van der Waals surface area (Å²) >= 11 is 1.57.